The fourth-order valence-corrected chi connectivity index (χ4v) is 10.5. The van der Waals surface area contributed by atoms with Gasteiger partial charge in [0.2, 0.25) is 5.91 Å². The molecule has 3 heterocycles. The fraction of sp³-hybridized carbons (Fsp3) is 0.915. The van der Waals surface area contributed by atoms with Gasteiger partial charge in [-0.25, -0.2) is 0 Å². The van der Waals surface area contributed by atoms with Gasteiger partial charge in [-0.05, 0) is 44.9 Å². The van der Waals surface area contributed by atoms with Crippen LogP contribution < -0.4 is 5.32 Å². The molecule has 19 nitrogen and oxygen atoms in total. The third-order valence-corrected chi connectivity index (χ3v) is 15.5. The number of allylic oxidation sites excluding steroid dienone is 4. The van der Waals surface area contributed by atoms with Crippen molar-refractivity contribution in [3.05, 3.63) is 24.3 Å². The van der Waals surface area contributed by atoms with E-state index in [0.717, 1.165) is 57.8 Å². The molecule has 0 radical (unpaired) electrons. The zero-order chi connectivity index (χ0) is 56.9. The maximum Gasteiger partial charge on any atom is 0.220 e. The number of ether oxygens (including phenoxy) is 6. The Morgan fingerprint density at radius 2 is 0.846 bits per heavy atom. The van der Waals surface area contributed by atoms with Crippen LogP contribution >= 0.6 is 0 Å². The summed E-state index contributed by atoms with van der Waals surface area (Å²) >= 11 is 0. The van der Waals surface area contributed by atoms with Crippen LogP contribution in [-0.4, -0.2) is 193 Å². The van der Waals surface area contributed by atoms with Crippen LogP contribution in [0.4, 0.5) is 0 Å². The average molecular weight is 1120 g/mol. The summed E-state index contributed by atoms with van der Waals surface area (Å²) in [7, 11) is 0. The Labute approximate surface area is 467 Å². The predicted octanol–water partition coefficient (Wildman–Crippen LogP) is 5.54. The summed E-state index contributed by atoms with van der Waals surface area (Å²) in [6.07, 6.45) is 16.9. The van der Waals surface area contributed by atoms with E-state index in [4.69, 9.17) is 28.4 Å². The van der Waals surface area contributed by atoms with Gasteiger partial charge in [-0.3, -0.25) is 4.79 Å². The summed E-state index contributed by atoms with van der Waals surface area (Å²) in [6.45, 7) is 1.76. The normalized spacial score (nSPS) is 30.6. The van der Waals surface area contributed by atoms with E-state index in [9.17, 15) is 61.0 Å². The predicted molar refractivity (Wildman–Crippen MR) is 296 cm³/mol. The molecular formula is C59H109NO18. The number of rotatable bonds is 45. The monoisotopic (exact) mass is 1120 g/mol. The quantitative estimate of drug-likeness (QED) is 0.0263. The highest BCUT2D eigenvalue weighted by molar-refractivity contribution is 5.76. The zero-order valence-electron chi connectivity index (χ0n) is 47.7. The van der Waals surface area contributed by atoms with Crippen molar-refractivity contribution in [1.29, 1.82) is 0 Å². The number of nitrogens with one attached hydrogen (secondary N) is 1. The van der Waals surface area contributed by atoms with Crippen LogP contribution in [0.1, 0.15) is 213 Å². The van der Waals surface area contributed by atoms with Gasteiger partial charge >= 0.3 is 0 Å². The van der Waals surface area contributed by atoms with Crippen LogP contribution in [-0.2, 0) is 33.2 Å². The molecule has 3 aliphatic rings. The number of aliphatic hydroxyl groups excluding tert-OH is 11. The van der Waals surface area contributed by atoms with Crippen molar-refractivity contribution >= 4 is 5.91 Å². The van der Waals surface area contributed by atoms with E-state index >= 15 is 0 Å². The molecule has 3 fully saturated rings. The Morgan fingerprint density at radius 3 is 1.31 bits per heavy atom. The molecule has 19 heteroatoms. The van der Waals surface area contributed by atoms with Crippen LogP contribution in [0.25, 0.3) is 0 Å². The molecule has 0 aromatic heterocycles. The minimum absolute atomic E-state index is 0.248. The first-order chi connectivity index (χ1) is 37.8. The fourth-order valence-electron chi connectivity index (χ4n) is 10.5. The summed E-state index contributed by atoms with van der Waals surface area (Å²) in [5.41, 5.74) is 0. The Morgan fingerprint density at radius 1 is 0.462 bits per heavy atom. The van der Waals surface area contributed by atoms with Crippen molar-refractivity contribution in [1.82, 2.24) is 5.32 Å². The minimum atomic E-state index is -1.97. The molecule has 0 spiro atoms. The molecule has 78 heavy (non-hydrogen) atoms. The smallest absolute Gasteiger partial charge is 0.220 e. The number of carbonyl (C=O) groups is 1. The summed E-state index contributed by atoms with van der Waals surface area (Å²) in [5, 5.41) is 120. The van der Waals surface area contributed by atoms with Gasteiger partial charge in [-0.2, -0.15) is 0 Å². The second kappa shape index (κ2) is 43.0. The van der Waals surface area contributed by atoms with Gasteiger partial charge in [0.25, 0.3) is 0 Å². The maximum absolute atomic E-state index is 13.3. The molecule has 3 aliphatic heterocycles. The average Bonchev–Trinajstić information content (AvgIpc) is 3.46. The number of unbranched alkanes of at least 4 members (excludes halogenated alkanes) is 25. The Bertz CT molecular complexity index is 1530. The molecule has 0 aliphatic carbocycles. The third-order valence-electron chi connectivity index (χ3n) is 15.5. The van der Waals surface area contributed by atoms with E-state index in [0.29, 0.717) is 12.8 Å². The highest BCUT2D eigenvalue weighted by Gasteiger charge is 2.53. The number of hydrogen-bond donors (Lipinski definition) is 12. The lowest BCUT2D eigenvalue weighted by Crippen LogP contribution is -2.66. The summed E-state index contributed by atoms with van der Waals surface area (Å²) < 4.78 is 34.3. The van der Waals surface area contributed by atoms with E-state index in [1.165, 1.54) is 122 Å². The molecule has 0 aromatic rings. The van der Waals surface area contributed by atoms with Gasteiger partial charge in [-0.1, -0.05) is 186 Å². The van der Waals surface area contributed by atoms with Crippen LogP contribution in [0.15, 0.2) is 24.3 Å². The molecule has 1 amide bonds. The van der Waals surface area contributed by atoms with Crippen molar-refractivity contribution < 1.29 is 89.4 Å². The van der Waals surface area contributed by atoms with Crippen molar-refractivity contribution in [3.63, 3.8) is 0 Å². The lowest BCUT2D eigenvalue weighted by Gasteiger charge is -2.48. The van der Waals surface area contributed by atoms with E-state index in [-0.39, 0.29) is 18.9 Å². The van der Waals surface area contributed by atoms with Crippen LogP contribution in [0.2, 0.25) is 0 Å². The largest absolute Gasteiger partial charge is 0.394 e. The van der Waals surface area contributed by atoms with Gasteiger partial charge in [0, 0.05) is 6.42 Å². The molecule has 0 saturated carbocycles. The number of aliphatic hydroxyl groups is 11. The summed E-state index contributed by atoms with van der Waals surface area (Å²) in [5.74, 6) is -0.248. The Balaban J connectivity index is 1.47. The van der Waals surface area contributed by atoms with Gasteiger partial charge in [0.1, 0.15) is 73.2 Å². The molecule has 17 unspecified atom stereocenters. The van der Waals surface area contributed by atoms with Gasteiger partial charge in [0.15, 0.2) is 18.9 Å². The van der Waals surface area contributed by atoms with Crippen molar-refractivity contribution in [2.75, 3.05) is 26.4 Å². The number of amides is 1. The molecule has 12 N–H and O–H groups in total. The van der Waals surface area contributed by atoms with E-state index in [1.807, 2.05) is 0 Å². The summed E-state index contributed by atoms with van der Waals surface area (Å²) in [6, 6.07) is -0.886. The lowest BCUT2D eigenvalue weighted by atomic mass is 9.96. The van der Waals surface area contributed by atoms with E-state index in [1.54, 1.807) is 0 Å². The maximum atomic E-state index is 13.3. The van der Waals surface area contributed by atoms with Crippen molar-refractivity contribution in [2.24, 2.45) is 0 Å². The Kier molecular flexibility index (Phi) is 38.9. The first-order valence-corrected chi connectivity index (χ1v) is 30.6. The SMILES string of the molecule is CCCCCCC/C=C\C/C=C\CCCCCCCCCCCC(=O)NC(COC1OC(CO)C(OC2OC(CO)C(OC3OC(CO)C(O)C(O)C3O)C(O)C2O)C(O)C1O)C(O)CCCCCCCCCCCCCC. The molecular weight excluding hydrogens is 1010 g/mol. The highest BCUT2D eigenvalue weighted by Crippen LogP contribution is 2.33. The molecule has 458 valence electrons. The second-order valence-electron chi connectivity index (χ2n) is 22.2. The minimum Gasteiger partial charge on any atom is -0.394 e. The van der Waals surface area contributed by atoms with E-state index in [2.05, 4.69) is 43.5 Å². The van der Waals surface area contributed by atoms with Gasteiger partial charge in [0.05, 0.1) is 38.6 Å². The van der Waals surface area contributed by atoms with Gasteiger partial charge < -0.3 is 89.9 Å². The topological polar surface area (TPSA) is 307 Å². The van der Waals surface area contributed by atoms with Crippen molar-refractivity contribution in [2.45, 2.75) is 317 Å². The Hall–Kier alpha value is -1.73. The number of carbonyl (C=O) groups excluding carboxylic acids is 1. The molecule has 17 atom stereocenters. The third kappa shape index (κ3) is 26.7. The standard InChI is InChI=1S/C59H109NO18/c1-3-5-7-9-11-13-15-17-18-19-20-21-22-23-24-25-27-29-31-33-35-37-47(65)60-42(43(64)36-34-32-30-28-26-16-14-12-10-8-6-4-2)41-73-57-53(71)50(68)55(45(39-62)75-57)78-59-54(72)51(69)56(46(40-63)76-59)77-58-52(70)49(67)48(66)44(38-61)74-58/h15,17,19-20,42-46,48-59,61-64,66-72H,3-14,16,18,21-41H2,1-2H3,(H,60,65)/b17-15-,20-19-. The number of hydrogen-bond acceptors (Lipinski definition) is 18. The van der Waals surface area contributed by atoms with Crippen LogP contribution in [0.3, 0.4) is 0 Å². The van der Waals surface area contributed by atoms with E-state index < -0.39 is 124 Å². The second-order valence-corrected chi connectivity index (χ2v) is 22.2. The summed E-state index contributed by atoms with van der Waals surface area (Å²) in [4.78, 5) is 13.3. The van der Waals surface area contributed by atoms with Crippen LogP contribution in [0.5, 0.6) is 0 Å². The first-order valence-electron chi connectivity index (χ1n) is 30.6. The molecule has 0 aromatic carbocycles. The highest BCUT2D eigenvalue weighted by atomic mass is 16.8. The molecule has 3 saturated heterocycles. The van der Waals surface area contributed by atoms with Gasteiger partial charge in [-0.15, -0.1) is 0 Å². The molecule has 0 bridgehead atoms. The first kappa shape index (κ1) is 70.5. The molecule has 3 rings (SSSR count). The zero-order valence-corrected chi connectivity index (χ0v) is 47.7. The van der Waals surface area contributed by atoms with Crippen molar-refractivity contribution in [3.8, 4) is 0 Å². The lowest BCUT2D eigenvalue weighted by molar-refractivity contribution is -0.379. The van der Waals surface area contributed by atoms with Crippen LogP contribution in [0, 0.1) is 0 Å².